The highest BCUT2D eigenvalue weighted by Gasteiger charge is 2.61. The van der Waals surface area contributed by atoms with Crippen LogP contribution in [-0.4, -0.2) is 23.4 Å². The molecular weight excluding hydrogens is 336 g/mol. The van der Waals surface area contributed by atoms with Gasteiger partial charge in [-0.05, 0) is 94.3 Å². The highest BCUT2D eigenvalue weighted by atomic mass is 16.2. The smallest absolute Gasteiger partial charge is 0.224 e. The molecule has 152 valence electrons. The first-order valence-electron chi connectivity index (χ1n) is 11.2. The van der Waals surface area contributed by atoms with Crippen molar-refractivity contribution in [3.63, 3.8) is 0 Å². The second-order valence-corrected chi connectivity index (χ2v) is 11.5. The van der Waals surface area contributed by atoms with Crippen LogP contribution in [0.1, 0.15) is 86.0 Å². The van der Waals surface area contributed by atoms with Gasteiger partial charge in [-0.15, -0.1) is 0 Å². The van der Waals surface area contributed by atoms with Crippen LogP contribution < -0.4 is 10.6 Å². The molecule has 4 rings (SSSR count). The zero-order valence-electron chi connectivity index (χ0n) is 17.9. The van der Waals surface area contributed by atoms with E-state index in [0.29, 0.717) is 24.3 Å². The Labute approximate surface area is 164 Å². The van der Waals surface area contributed by atoms with Crippen molar-refractivity contribution < 1.29 is 9.59 Å². The van der Waals surface area contributed by atoms with Crippen LogP contribution in [0.5, 0.6) is 0 Å². The third-order valence-corrected chi connectivity index (χ3v) is 8.91. The van der Waals surface area contributed by atoms with Crippen LogP contribution in [0.15, 0.2) is 0 Å². The van der Waals surface area contributed by atoms with E-state index in [2.05, 4.69) is 45.3 Å². The monoisotopic (exact) mass is 374 g/mol. The molecular formula is C23H38N2O2. The van der Waals surface area contributed by atoms with Gasteiger partial charge in [-0.25, -0.2) is 0 Å². The van der Waals surface area contributed by atoms with E-state index in [1.54, 1.807) is 0 Å². The second kappa shape index (κ2) is 6.22. The van der Waals surface area contributed by atoms with Crippen LogP contribution in [-0.2, 0) is 9.59 Å². The number of fused-ring (bicyclic) bond motifs is 5. The lowest BCUT2D eigenvalue weighted by Crippen LogP contribution is -2.61. The normalized spacial score (nSPS) is 46.7. The number of piperidine rings is 1. The largest absolute Gasteiger partial charge is 0.353 e. The quantitative estimate of drug-likeness (QED) is 0.728. The summed E-state index contributed by atoms with van der Waals surface area (Å²) in [7, 11) is 0. The Hall–Kier alpha value is -1.06. The number of hydrogen-bond acceptors (Lipinski definition) is 2. The molecule has 4 aliphatic rings. The van der Waals surface area contributed by atoms with Gasteiger partial charge in [0.05, 0.1) is 0 Å². The minimum atomic E-state index is -0.158. The average Bonchev–Trinajstić information content (AvgIpc) is 2.91. The van der Waals surface area contributed by atoms with Gasteiger partial charge in [-0.1, -0.05) is 13.8 Å². The second-order valence-electron chi connectivity index (χ2n) is 11.5. The molecule has 2 amide bonds. The third kappa shape index (κ3) is 3.02. The fourth-order valence-corrected chi connectivity index (χ4v) is 7.59. The summed E-state index contributed by atoms with van der Waals surface area (Å²) in [6, 6.07) is 0.366. The van der Waals surface area contributed by atoms with Crippen LogP contribution in [0.4, 0.5) is 0 Å². The molecule has 4 fully saturated rings. The summed E-state index contributed by atoms with van der Waals surface area (Å²) in [6.45, 7) is 11.1. The summed E-state index contributed by atoms with van der Waals surface area (Å²) >= 11 is 0. The van der Waals surface area contributed by atoms with E-state index in [0.717, 1.165) is 31.6 Å². The summed E-state index contributed by atoms with van der Waals surface area (Å²) in [6.07, 6.45) is 8.71. The number of carbonyl (C=O) groups is 2. The molecule has 4 heteroatoms. The molecule has 0 aromatic rings. The molecule has 0 aromatic carbocycles. The van der Waals surface area contributed by atoms with Crippen LogP contribution in [0, 0.1) is 34.5 Å². The molecule has 0 aromatic heterocycles. The Kier molecular flexibility index (Phi) is 4.44. The SMILES string of the molecule is CC(C)(C)NC(=O)[C@H]1CC[C@H]2[C@H]3CC[C@@H]4NC(=O)CC[C@]4(C)[C@H]3CC[C@@]12C. The lowest BCUT2D eigenvalue weighted by molar-refractivity contribution is -0.142. The molecule has 27 heavy (non-hydrogen) atoms. The van der Waals surface area contributed by atoms with Gasteiger partial charge in [0.1, 0.15) is 0 Å². The summed E-state index contributed by atoms with van der Waals surface area (Å²) < 4.78 is 0. The molecule has 0 bridgehead atoms. The molecule has 1 aliphatic heterocycles. The zero-order chi connectivity index (χ0) is 19.6. The predicted molar refractivity (Wildman–Crippen MR) is 107 cm³/mol. The Bertz CT molecular complexity index is 639. The van der Waals surface area contributed by atoms with Gasteiger partial charge in [0.15, 0.2) is 0 Å². The van der Waals surface area contributed by atoms with Crippen molar-refractivity contribution >= 4 is 11.8 Å². The first-order valence-corrected chi connectivity index (χ1v) is 11.2. The standard InChI is InChI=1S/C23H38N2O2/c1-21(2,3)25-20(27)17-8-7-15-14-6-9-18-23(5,13-11-19(26)24-18)16(14)10-12-22(15,17)4/h14-18H,6-13H2,1-5H3,(H,24,26)(H,25,27)/t14-,15+,16+,17-,18+,22-,23-/m1/s1. The van der Waals surface area contributed by atoms with Gasteiger partial charge in [0.25, 0.3) is 0 Å². The maximum absolute atomic E-state index is 13.0. The molecule has 3 saturated carbocycles. The average molecular weight is 375 g/mol. The third-order valence-electron chi connectivity index (χ3n) is 8.91. The van der Waals surface area contributed by atoms with E-state index in [1.807, 2.05) is 0 Å². The van der Waals surface area contributed by atoms with Gasteiger partial charge in [0, 0.05) is 23.9 Å². The highest BCUT2D eigenvalue weighted by Crippen LogP contribution is 2.65. The minimum Gasteiger partial charge on any atom is -0.353 e. The van der Waals surface area contributed by atoms with Crippen molar-refractivity contribution in [2.24, 2.45) is 34.5 Å². The first kappa shape index (κ1) is 19.3. The van der Waals surface area contributed by atoms with E-state index in [4.69, 9.17) is 0 Å². The van der Waals surface area contributed by atoms with Crippen molar-refractivity contribution in [3.05, 3.63) is 0 Å². The Balaban J connectivity index is 1.55. The molecule has 1 heterocycles. The predicted octanol–water partition coefficient (Wildman–Crippen LogP) is 4.04. The van der Waals surface area contributed by atoms with Crippen molar-refractivity contribution in [1.29, 1.82) is 0 Å². The van der Waals surface area contributed by atoms with Gasteiger partial charge in [-0.3, -0.25) is 9.59 Å². The van der Waals surface area contributed by atoms with Crippen LogP contribution in [0.25, 0.3) is 0 Å². The van der Waals surface area contributed by atoms with Crippen molar-refractivity contribution in [1.82, 2.24) is 10.6 Å². The van der Waals surface area contributed by atoms with E-state index >= 15 is 0 Å². The topological polar surface area (TPSA) is 58.2 Å². The fraction of sp³-hybridized carbons (Fsp3) is 0.913. The van der Waals surface area contributed by atoms with Crippen LogP contribution in [0.2, 0.25) is 0 Å². The zero-order valence-corrected chi connectivity index (χ0v) is 17.9. The molecule has 0 unspecified atom stereocenters. The fourth-order valence-electron chi connectivity index (χ4n) is 7.59. The van der Waals surface area contributed by atoms with Gasteiger partial charge >= 0.3 is 0 Å². The number of rotatable bonds is 1. The van der Waals surface area contributed by atoms with Gasteiger partial charge in [0.2, 0.25) is 11.8 Å². The lowest BCUT2D eigenvalue weighted by atomic mass is 9.47. The lowest BCUT2D eigenvalue weighted by Gasteiger charge is -2.60. The summed E-state index contributed by atoms with van der Waals surface area (Å²) in [5, 5.41) is 6.57. The maximum Gasteiger partial charge on any atom is 0.224 e. The van der Waals surface area contributed by atoms with E-state index < -0.39 is 0 Å². The molecule has 4 nitrogen and oxygen atoms in total. The number of nitrogens with one attached hydrogen (secondary N) is 2. The first-order chi connectivity index (χ1) is 12.5. The number of amides is 2. The summed E-state index contributed by atoms with van der Waals surface area (Å²) in [5.74, 6) is 2.79. The van der Waals surface area contributed by atoms with E-state index in [-0.39, 0.29) is 34.1 Å². The Morgan fingerprint density at radius 1 is 1.00 bits per heavy atom. The number of hydrogen-bond donors (Lipinski definition) is 2. The van der Waals surface area contributed by atoms with Gasteiger partial charge < -0.3 is 10.6 Å². The molecule has 7 atom stereocenters. The van der Waals surface area contributed by atoms with Crippen molar-refractivity contribution in [2.45, 2.75) is 97.6 Å². The Morgan fingerprint density at radius 2 is 1.70 bits per heavy atom. The molecule has 0 radical (unpaired) electrons. The van der Waals surface area contributed by atoms with Crippen molar-refractivity contribution in [2.75, 3.05) is 0 Å². The summed E-state index contributed by atoms with van der Waals surface area (Å²) in [5.41, 5.74) is 0.246. The maximum atomic E-state index is 13.0. The van der Waals surface area contributed by atoms with Gasteiger partial charge in [-0.2, -0.15) is 0 Å². The highest BCUT2D eigenvalue weighted by molar-refractivity contribution is 5.80. The molecule has 1 saturated heterocycles. The Morgan fingerprint density at radius 3 is 2.41 bits per heavy atom. The minimum absolute atomic E-state index is 0.150. The van der Waals surface area contributed by atoms with Crippen molar-refractivity contribution in [3.8, 4) is 0 Å². The molecule has 3 aliphatic carbocycles. The molecule has 2 N–H and O–H groups in total. The van der Waals surface area contributed by atoms with E-state index in [9.17, 15) is 9.59 Å². The van der Waals surface area contributed by atoms with E-state index in [1.165, 1.54) is 19.3 Å². The number of carbonyl (C=O) groups excluding carboxylic acids is 2. The summed E-state index contributed by atoms with van der Waals surface area (Å²) in [4.78, 5) is 25.0. The van der Waals surface area contributed by atoms with Crippen LogP contribution in [0.3, 0.4) is 0 Å². The molecule has 0 spiro atoms. The van der Waals surface area contributed by atoms with Crippen LogP contribution >= 0.6 is 0 Å².